The lowest BCUT2D eigenvalue weighted by molar-refractivity contribution is 0.564. The molecule has 0 saturated carbocycles. The average Bonchev–Trinajstić information content (AvgIpc) is 3.08. The van der Waals surface area contributed by atoms with Gasteiger partial charge in [0.05, 0.1) is 0 Å². The van der Waals surface area contributed by atoms with Crippen LogP contribution in [0.25, 0.3) is 0 Å². The Labute approximate surface area is 325 Å². The van der Waals surface area contributed by atoms with Crippen molar-refractivity contribution in [2.75, 3.05) is 0 Å². The first-order chi connectivity index (χ1) is 24.1. The molecule has 4 nitrogen and oxygen atoms in total. The van der Waals surface area contributed by atoms with Gasteiger partial charge in [0.1, 0.15) is 0 Å². The normalized spacial score (nSPS) is 10.3. The Balaban J connectivity index is -0.000000277. The van der Waals surface area contributed by atoms with E-state index in [0.29, 0.717) is 0 Å². The first-order valence-corrected chi connectivity index (χ1v) is 19.7. The van der Waals surface area contributed by atoms with Crippen LogP contribution < -0.4 is 0 Å². The van der Waals surface area contributed by atoms with Gasteiger partial charge in [-0.3, -0.25) is 19.9 Å². The smallest absolute Gasteiger partial charge is 0.0486 e. The summed E-state index contributed by atoms with van der Waals surface area (Å²) in [5.41, 5.74) is 11.1. The maximum absolute atomic E-state index is 4.35. The third kappa shape index (κ3) is 23.2. The molecule has 4 rings (SSSR count). The SMILES string of the molecule is CC.CC.CC.CC.Cc1cccnc1C(C)(C)C.Cc1ccncc1C(C)(C)C.Cc1cnccc1C(C)(C)C.Cc1ncccc1C(C)(C)C. The van der Waals surface area contributed by atoms with E-state index < -0.39 is 0 Å². The van der Waals surface area contributed by atoms with E-state index in [0.717, 1.165) is 5.69 Å². The average molecular weight is 717 g/mol. The van der Waals surface area contributed by atoms with Crippen LogP contribution in [0.2, 0.25) is 0 Å². The summed E-state index contributed by atoms with van der Waals surface area (Å²) in [5.74, 6) is 0. The van der Waals surface area contributed by atoms with Gasteiger partial charge in [-0.05, 0) is 102 Å². The summed E-state index contributed by atoms with van der Waals surface area (Å²) in [7, 11) is 0. The van der Waals surface area contributed by atoms with Gasteiger partial charge in [-0.25, -0.2) is 0 Å². The fourth-order valence-electron chi connectivity index (χ4n) is 5.11. The Hall–Kier alpha value is -3.40. The number of hydrogen-bond acceptors (Lipinski definition) is 4. The van der Waals surface area contributed by atoms with Crippen LogP contribution in [0.4, 0.5) is 0 Å². The van der Waals surface area contributed by atoms with Crippen LogP contribution >= 0.6 is 0 Å². The fourth-order valence-corrected chi connectivity index (χ4v) is 5.11. The van der Waals surface area contributed by atoms with Crippen LogP contribution in [-0.2, 0) is 21.7 Å². The van der Waals surface area contributed by atoms with Gasteiger partial charge in [-0.1, -0.05) is 151 Å². The molecule has 0 aliphatic carbocycles. The zero-order valence-electron chi connectivity index (χ0n) is 38.7. The zero-order chi connectivity index (χ0) is 41.9. The maximum Gasteiger partial charge on any atom is 0.0486 e. The minimum absolute atomic E-state index is 0.172. The van der Waals surface area contributed by atoms with Gasteiger partial charge < -0.3 is 0 Å². The molecule has 0 fully saturated rings. The maximum atomic E-state index is 4.35. The van der Waals surface area contributed by atoms with Crippen LogP contribution in [0, 0.1) is 27.7 Å². The molecule has 0 N–H and O–H groups in total. The molecule has 0 unspecified atom stereocenters. The molecular formula is C48H84N4. The molecule has 52 heavy (non-hydrogen) atoms. The third-order valence-electron chi connectivity index (χ3n) is 7.21. The van der Waals surface area contributed by atoms with Crippen LogP contribution in [0.1, 0.15) is 183 Å². The zero-order valence-corrected chi connectivity index (χ0v) is 38.7. The van der Waals surface area contributed by atoms with E-state index in [1.165, 1.54) is 39.1 Å². The van der Waals surface area contributed by atoms with Crippen molar-refractivity contribution >= 4 is 0 Å². The van der Waals surface area contributed by atoms with Crippen molar-refractivity contribution < 1.29 is 0 Å². The van der Waals surface area contributed by atoms with Crippen LogP contribution in [0.5, 0.6) is 0 Å². The van der Waals surface area contributed by atoms with E-state index >= 15 is 0 Å². The summed E-state index contributed by atoms with van der Waals surface area (Å²) in [4.78, 5) is 16.8. The summed E-state index contributed by atoms with van der Waals surface area (Å²) < 4.78 is 0. The number of hydrogen-bond donors (Lipinski definition) is 0. The molecule has 0 aromatic carbocycles. The minimum Gasteiger partial charge on any atom is -0.264 e. The number of nitrogens with zero attached hydrogens (tertiary/aromatic N) is 4. The second kappa shape index (κ2) is 28.1. The van der Waals surface area contributed by atoms with E-state index in [4.69, 9.17) is 0 Å². The van der Waals surface area contributed by atoms with Crippen molar-refractivity contribution in [3.05, 3.63) is 118 Å². The summed E-state index contributed by atoms with van der Waals surface area (Å²) in [6.07, 6.45) is 11.3. The highest BCUT2D eigenvalue weighted by Crippen LogP contribution is 2.26. The Morgan fingerprint density at radius 1 is 0.365 bits per heavy atom. The van der Waals surface area contributed by atoms with Gasteiger partial charge in [-0.15, -0.1) is 0 Å². The topological polar surface area (TPSA) is 51.6 Å². The molecule has 0 atom stereocenters. The van der Waals surface area contributed by atoms with Crippen molar-refractivity contribution in [2.45, 2.75) is 188 Å². The first-order valence-electron chi connectivity index (χ1n) is 19.7. The van der Waals surface area contributed by atoms with Gasteiger partial charge in [0.2, 0.25) is 0 Å². The van der Waals surface area contributed by atoms with Crippen LogP contribution in [0.3, 0.4) is 0 Å². The predicted octanol–water partition coefficient (Wildman–Crippen LogP) is 14.9. The molecule has 0 saturated heterocycles. The van der Waals surface area contributed by atoms with E-state index in [2.05, 4.69) is 155 Å². The number of aryl methyl sites for hydroxylation is 4. The van der Waals surface area contributed by atoms with Gasteiger partial charge in [0.15, 0.2) is 0 Å². The lowest BCUT2D eigenvalue weighted by Gasteiger charge is -2.20. The molecular weight excluding hydrogens is 633 g/mol. The Bertz CT molecular complexity index is 1200. The highest BCUT2D eigenvalue weighted by Gasteiger charge is 2.18. The van der Waals surface area contributed by atoms with E-state index in [1.54, 1.807) is 0 Å². The molecule has 4 heteroatoms. The lowest BCUT2D eigenvalue weighted by atomic mass is 9.85. The summed E-state index contributed by atoms with van der Waals surface area (Å²) in [6.45, 7) is 50.8. The van der Waals surface area contributed by atoms with Crippen molar-refractivity contribution in [3.8, 4) is 0 Å². The largest absolute Gasteiger partial charge is 0.264 e. The molecule has 4 heterocycles. The molecule has 4 aromatic heterocycles. The summed E-state index contributed by atoms with van der Waals surface area (Å²) in [6, 6.07) is 12.4. The Morgan fingerprint density at radius 2 is 0.788 bits per heavy atom. The Morgan fingerprint density at radius 3 is 1.10 bits per heavy atom. The van der Waals surface area contributed by atoms with Crippen LogP contribution in [0.15, 0.2) is 73.6 Å². The lowest BCUT2D eigenvalue weighted by Crippen LogP contribution is -2.14. The van der Waals surface area contributed by atoms with Crippen molar-refractivity contribution in [3.63, 3.8) is 0 Å². The fraction of sp³-hybridized carbons (Fsp3) is 0.583. The van der Waals surface area contributed by atoms with E-state index in [9.17, 15) is 0 Å². The number of rotatable bonds is 0. The number of pyridine rings is 4. The minimum atomic E-state index is 0.172. The molecule has 0 radical (unpaired) electrons. The summed E-state index contributed by atoms with van der Waals surface area (Å²) in [5, 5.41) is 0. The van der Waals surface area contributed by atoms with Crippen molar-refractivity contribution in [2.24, 2.45) is 0 Å². The highest BCUT2D eigenvalue weighted by molar-refractivity contribution is 5.29. The van der Waals surface area contributed by atoms with Crippen molar-refractivity contribution in [1.82, 2.24) is 19.9 Å². The molecule has 0 spiro atoms. The molecule has 0 aliphatic rings. The molecule has 4 aromatic rings. The predicted molar refractivity (Wildman–Crippen MR) is 236 cm³/mol. The van der Waals surface area contributed by atoms with Gasteiger partial charge in [-0.2, -0.15) is 0 Å². The monoisotopic (exact) mass is 717 g/mol. The molecule has 0 amide bonds. The van der Waals surface area contributed by atoms with Gasteiger partial charge in [0, 0.05) is 54.0 Å². The van der Waals surface area contributed by atoms with Crippen molar-refractivity contribution in [1.29, 1.82) is 0 Å². The summed E-state index contributed by atoms with van der Waals surface area (Å²) >= 11 is 0. The quantitative estimate of drug-likeness (QED) is 0.182. The second-order valence-corrected chi connectivity index (χ2v) is 15.7. The third-order valence-corrected chi connectivity index (χ3v) is 7.21. The van der Waals surface area contributed by atoms with E-state index in [-0.39, 0.29) is 21.7 Å². The standard InChI is InChI=1S/4C10H15N.4C2H6/c1-8-7-11-6-5-9(8)10(2,3)4;1-8-5-6-11-7-9(8)10(2,3)4;1-8-9(10(2,3)4)6-5-7-11-8;1-8-6-5-7-11-9(8)10(2,3)4;4*1-2/h4*5-7H,1-4H3;4*1-2H3. The first kappa shape index (κ1) is 55.4. The molecule has 296 valence electrons. The van der Waals surface area contributed by atoms with E-state index in [1.807, 2.05) is 105 Å². The van der Waals surface area contributed by atoms with Crippen LogP contribution in [-0.4, -0.2) is 19.9 Å². The Kier molecular flexibility index (Phi) is 30.0. The highest BCUT2D eigenvalue weighted by atomic mass is 14.7. The molecule has 0 aliphatic heterocycles. The second-order valence-electron chi connectivity index (χ2n) is 15.7. The number of aromatic nitrogens is 4. The van der Waals surface area contributed by atoms with Gasteiger partial charge >= 0.3 is 0 Å². The molecule has 0 bridgehead atoms. The van der Waals surface area contributed by atoms with Gasteiger partial charge in [0.25, 0.3) is 0 Å².